The van der Waals surface area contributed by atoms with Gasteiger partial charge < -0.3 is 5.32 Å². The lowest BCUT2D eigenvalue weighted by molar-refractivity contribution is -0.119. The zero-order chi connectivity index (χ0) is 12.1. The van der Waals surface area contributed by atoms with Gasteiger partial charge in [0.05, 0.1) is 6.20 Å². The number of hydrogen-bond donors (Lipinski definition) is 2. The normalized spacial score (nSPS) is 11.9. The topological polar surface area (TPSA) is 76.0 Å². The second-order valence-electron chi connectivity index (χ2n) is 3.31. The van der Waals surface area contributed by atoms with Crippen LogP contribution in [-0.4, -0.2) is 27.1 Å². The zero-order valence-electron chi connectivity index (χ0n) is 9.03. The third-order valence-corrected chi connectivity index (χ3v) is 2.01. The Morgan fingerprint density at radius 3 is 2.81 bits per heavy atom. The van der Waals surface area contributed by atoms with Crippen molar-refractivity contribution >= 4 is 23.5 Å². The SMILES string of the molecule is CC(Cl)C(=O)NC(=O)NCc1cnn(C)c1. The molecule has 0 fully saturated rings. The first-order valence-electron chi connectivity index (χ1n) is 4.69. The summed E-state index contributed by atoms with van der Waals surface area (Å²) in [5, 5.41) is 7.83. The lowest BCUT2D eigenvalue weighted by atomic mass is 10.4. The molecule has 0 aromatic carbocycles. The highest BCUT2D eigenvalue weighted by Crippen LogP contribution is 1.95. The van der Waals surface area contributed by atoms with E-state index in [0.717, 1.165) is 5.56 Å². The Kier molecular flexibility index (Phi) is 4.30. The van der Waals surface area contributed by atoms with E-state index in [2.05, 4.69) is 15.7 Å². The van der Waals surface area contributed by atoms with E-state index in [4.69, 9.17) is 11.6 Å². The van der Waals surface area contributed by atoms with Gasteiger partial charge in [0.25, 0.3) is 0 Å². The van der Waals surface area contributed by atoms with Gasteiger partial charge in [-0.05, 0) is 6.92 Å². The minimum atomic E-state index is -0.732. The largest absolute Gasteiger partial charge is 0.334 e. The standard InChI is InChI=1S/C9H13ClN4O2/c1-6(10)8(15)13-9(16)11-3-7-4-12-14(2)5-7/h4-6H,3H2,1-2H3,(H2,11,13,15,16). The highest BCUT2D eigenvalue weighted by atomic mass is 35.5. The molecule has 1 rings (SSSR count). The predicted molar refractivity (Wildman–Crippen MR) is 58.9 cm³/mol. The van der Waals surface area contributed by atoms with E-state index < -0.39 is 17.3 Å². The van der Waals surface area contributed by atoms with Crippen LogP contribution in [0.25, 0.3) is 0 Å². The summed E-state index contributed by atoms with van der Waals surface area (Å²) in [6.07, 6.45) is 3.40. The molecule has 7 heteroatoms. The molecule has 2 N–H and O–H groups in total. The number of hydrogen-bond acceptors (Lipinski definition) is 3. The van der Waals surface area contributed by atoms with Gasteiger partial charge in [0.1, 0.15) is 5.38 Å². The lowest BCUT2D eigenvalue weighted by Gasteiger charge is -2.06. The van der Waals surface area contributed by atoms with E-state index in [1.807, 2.05) is 0 Å². The number of carbonyl (C=O) groups is 2. The average Bonchev–Trinajstić information content (AvgIpc) is 2.61. The molecule has 0 spiro atoms. The molecule has 1 atom stereocenters. The monoisotopic (exact) mass is 244 g/mol. The van der Waals surface area contributed by atoms with Crippen molar-refractivity contribution in [2.24, 2.45) is 7.05 Å². The molecule has 16 heavy (non-hydrogen) atoms. The molecule has 3 amide bonds. The van der Waals surface area contributed by atoms with Crippen molar-refractivity contribution in [2.45, 2.75) is 18.8 Å². The molecule has 0 aliphatic heterocycles. The fraction of sp³-hybridized carbons (Fsp3) is 0.444. The van der Waals surface area contributed by atoms with Gasteiger partial charge in [-0.3, -0.25) is 14.8 Å². The second kappa shape index (κ2) is 5.50. The number of aryl methyl sites for hydroxylation is 1. The minimum Gasteiger partial charge on any atom is -0.334 e. The van der Waals surface area contributed by atoms with Crippen molar-refractivity contribution in [1.82, 2.24) is 20.4 Å². The number of nitrogens with one attached hydrogen (secondary N) is 2. The summed E-state index contributed by atoms with van der Waals surface area (Å²) in [6, 6.07) is -0.568. The quantitative estimate of drug-likeness (QED) is 0.755. The summed E-state index contributed by atoms with van der Waals surface area (Å²) < 4.78 is 1.63. The molecule has 88 valence electrons. The Hall–Kier alpha value is -1.56. The van der Waals surface area contributed by atoms with Crippen LogP contribution >= 0.6 is 11.6 Å². The number of aromatic nitrogens is 2. The second-order valence-corrected chi connectivity index (χ2v) is 3.96. The Bertz CT molecular complexity index is 389. The smallest absolute Gasteiger partial charge is 0.321 e. The Labute approximate surface area is 98.0 Å². The van der Waals surface area contributed by atoms with Crippen molar-refractivity contribution in [3.05, 3.63) is 18.0 Å². The van der Waals surface area contributed by atoms with Crippen LogP contribution in [0.4, 0.5) is 4.79 Å². The Balaban J connectivity index is 2.33. The fourth-order valence-corrected chi connectivity index (χ4v) is 1.06. The highest BCUT2D eigenvalue weighted by Gasteiger charge is 2.12. The molecule has 0 aliphatic rings. The van der Waals surface area contributed by atoms with Gasteiger partial charge in [0.15, 0.2) is 0 Å². The van der Waals surface area contributed by atoms with Crippen molar-refractivity contribution in [1.29, 1.82) is 0 Å². The van der Waals surface area contributed by atoms with Crippen LogP contribution in [0.3, 0.4) is 0 Å². The summed E-state index contributed by atoms with van der Waals surface area (Å²) >= 11 is 5.49. The van der Waals surface area contributed by atoms with Gasteiger partial charge in [-0.1, -0.05) is 0 Å². The minimum absolute atomic E-state index is 0.309. The summed E-state index contributed by atoms with van der Waals surface area (Å²) in [7, 11) is 1.78. The van der Waals surface area contributed by atoms with Gasteiger partial charge in [0.2, 0.25) is 5.91 Å². The van der Waals surface area contributed by atoms with Crippen LogP contribution in [-0.2, 0) is 18.4 Å². The van der Waals surface area contributed by atoms with E-state index in [1.165, 1.54) is 6.92 Å². The van der Waals surface area contributed by atoms with Gasteiger partial charge >= 0.3 is 6.03 Å². The summed E-state index contributed by atoms with van der Waals surface area (Å²) in [4.78, 5) is 22.3. The van der Waals surface area contributed by atoms with E-state index in [1.54, 1.807) is 24.1 Å². The van der Waals surface area contributed by atoms with E-state index in [-0.39, 0.29) is 0 Å². The van der Waals surface area contributed by atoms with Crippen LogP contribution in [0.15, 0.2) is 12.4 Å². The van der Waals surface area contributed by atoms with Gasteiger partial charge in [-0.25, -0.2) is 4.79 Å². The fourth-order valence-electron chi connectivity index (χ4n) is 1.00. The van der Waals surface area contributed by atoms with Crippen LogP contribution < -0.4 is 10.6 Å². The first kappa shape index (κ1) is 12.5. The molecule has 1 aromatic heterocycles. The summed E-state index contributed by atoms with van der Waals surface area (Å²) in [6.45, 7) is 1.80. The maximum absolute atomic E-state index is 11.2. The molecular weight excluding hydrogens is 232 g/mol. The number of imide groups is 1. The Morgan fingerprint density at radius 2 is 2.31 bits per heavy atom. The molecule has 0 saturated carbocycles. The van der Waals surface area contributed by atoms with Crippen molar-refractivity contribution in [3.8, 4) is 0 Å². The molecule has 1 unspecified atom stereocenters. The third kappa shape index (κ3) is 3.90. The maximum atomic E-state index is 11.2. The van der Waals surface area contributed by atoms with E-state index in [9.17, 15) is 9.59 Å². The molecule has 1 aromatic rings. The molecular formula is C9H13ClN4O2. The summed E-state index contributed by atoms with van der Waals surface area (Å²) in [5.74, 6) is -0.523. The molecule has 0 radical (unpaired) electrons. The molecule has 6 nitrogen and oxygen atoms in total. The lowest BCUT2D eigenvalue weighted by Crippen LogP contribution is -2.41. The number of nitrogens with zero attached hydrogens (tertiary/aromatic N) is 2. The molecule has 0 bridgehead atoms. The van der Waals surface area contributed by atoms with Crippen LogP contribution in [0.2, 0.25) is 0 Å². The van der Waals surface area contributed by atoms with Gasteiger partial charge in [0, 0.05) is 25.4 Å². The number of rotatable bonds is 3. The summed E-state index contributed by atoms with van der Waals surface area (Å²) in [5.41, 5.74) is 0.851. The van der Waals surface area contributed by atoms with Crippen molar-refractivity contribution < 1.29 is 9.59 Å². The first-order chi connectivity index (χ1) is 7.49. The van der Waals surface area contributed by atoms with Crippen molar-refractivity contribution in [3.63, 3.8) is 0 Å². The van der Waals surface area contributed by atoms with Gasteiger partial charge in [-0.15, -0.1) is 11.6 Å². The Morgan fingerprint density at radius 1 is 1.62 bits per heavy atom. The highest BCUT2D eigenvalue weighted by molar-refractivity contribution is 6.31. The number of amides is 3. The van der Waals surface area contributed by atoms with E-state index in [0.29, 0.717) is 6.54 Å². The first-order valence-corrected chi connectivity index (χ1v) is 5.13. The van der Waals surface area contributed by atoms with Gasteiger partial charge in [-0.2, -0.15) is 5.10 Å². The third-order valence-electron chi connectivity index (χ3n) is 1.81. The van der Waals surface area contributed by atoms with Crippen LogP contribution in [0, 0.1) is 0 Å². The number of alkyl halides is 1. The number of carbonyl (C=O) groups excluding carboxylic acids is 2. The molecule has 1 heterocycles. The van der Waals surface area contributed by atoms with Crippen LogP contribution in [0.5, 0.6) is 0 Å². The number of urea groups is 1. The average molecular weight is 245 g/mol. The zero-order valence-corrected chi connectivity index (χ0v) is 9.78. The maximum Gasteiger partial charge on any atom is 0.321 e. The van der Waals surface area contributed by atoms with Crippen molar-refractivity contribution in [2.75, 3.05) is 0 Å². The van der Waals surface area contributed by atoms with Crippen LogP contribution in [0.1, 0.15) is 12.5 Å². The number of halogens is 1. The predicted octanol–water partition coefficient (Wildman–Crippen LogP) is 0.373. The molecule has 0 aliphatic carbocycles. The van der Waals surface area contributed by atoms with E-state index >= 15 is 0 Å². The molecule has 0 saturated heterocycles.